The van der Waals surface area contributed by atoms with Crippen molar-refractivity contribution in [1.82, 2.24) is 19.6 Å². The summed E-state index contributed by atoms with van der Waals surface area (Å²) in [6.07, 6.45) is 5.71. The third kappa shape index (κ3) is 4.70. The lowest BCUT2D eigenvalue weighted by molar-refractivity contribution is -0.113. The SMILES string of the molecule is COc1ccc2nccc(NC(=O)C3=CCC(N=NCc4ccc5snnc5c4)CC3)c2n1. The van der Waals surface area contributed by atoms with Gasteiger partial charge >= 0.3 is 0 Å². The Morgan fingerprint density at radius 3 is 3.03 bits per heavy atom. The largest absolute Gasteiger partial charge is 0.481 e. The average molecular weight is 460 g/mol. The number of anilines is 1. The highest BCUT2D eigenvalue weighted by molar-refractivity contribution is 7.12. The molecule has 0 bridgehead atoms. The van der Waals surface area contributed by atoms with E-state index in [1.165, 1.54) is 11.5 Å². The van der Waals surface area contributed by atoms with Gasteiger partial charge in [0.15, 0.2) is 0 Å². The van der Waals surface area contributed by atoms with Crippen LogP contribution in [0.2, 0.25) is 0 Å². The van der Waals surface area contributed by atoms with Gasteiger partial charge in [0.1, 0.15) is 11.0 Å². The molecule has 5 rings (SSSR count). The lowest BCUT2D eigenvalue weighted by Gasteiger charge is -2.18. The summed E-state index contributed by atoms with van der Waals surface area (Å²) >= 11 is 1.38. The smallest absolute Gasteiger partial charge is 0.251 e. The van der Waals surface area contributed by atoms with E-state index in [2.05, 4.69) is 35.1 Å². The summed E-state index contributed by atoms with van der Waals surface area (Å²) in [6, 6.07) is 11.4. The molecule has 1 aliphatic carbocycles. The molecular formula is C23H21N7O2S. The van der Waals surface area contributed by atoms with Crippen LogP contribution < -0.4 is 10.1 Å². The monoisotopic (exact) mass is 459 g/mol. The maximum atomic E-state index is 12.8. The molecule has 1 aliphatic rings. The van der Waals surface area contributed by atoms with E-state index in [9.17, 15) is 4.79 Å². The van der Waals surface area contributed by atoms with Crippen LogP contribution in [0.15, 0.2) is 64.5 Å². The molecule has 0 spiro atoms. The predicted octanol–water partition coefficient (Wildman–Crippen LogP) is 4.71. The minimum atomic E-state index is -0.132. The summed E-state index contributed by atoms with van der Waals surface area (Å²) < 4.78 is 10.2. The van der Waals surface area contributed by atoms with Crippen LogP contribution in [0.1, 0.15) is 24.8 Å². The van der Waals surface area contributed by atoms with Crippen molar-refractivity contribution in [2.24, 2.45) is 10.2 Å². The van der Waals surface area contributed by atoms with Gasteiger partial charge in [0.25, 0.3) is 5.91 Å². The van der Waals surface area contributed by atoms with Crippen LogP contribution >= 0.6 is 11.5 Å². The van der Waals surface area contributed by atoms with E-state index < -0.39 is 0 Å². The third-order valence-electron chi connectivity index (χ3n) is 5.50. The first-order valence-corrected chi connectivity index (χ1v) is 11.3. The average Bonchev–Trinajstić information content (AvgIpc) is 3.32. The van der Waals surface area contributed by atoms with Crippen molar-refractivity contribution in [3.05, 3.63) is 59.8 Å². The first-order chi connectivity index (χ1) is 16.2. The number of ether oxygens (including phenoxy) is 1. The molecule has 1 aromatic carbocycles. The van der Waals surface area contributed by atoms with Crippen LogP contribution in [-0.2, 0) is 11.3 Å². The Balaban J connectivity index is 1.20. The van der Waals surface area contributed by atoms with E-state index in [0.29, 0.717) is 42.0 Å². The number of methoxy groups -OCH3 is 1. The summed E-state index contributed by atoms with van der Waals surface area (Å²) in [7, 11) is 1.56. The van der Waals surface area contributed by atoms with Gasteiger partial charge in [0, 0.05) is 17.8 Å². The Morgan fingerprint density at radius 2 is 2.18 bits per heavy atom. The lowest BCUT2D eigenvalue weighted by atomic mass is 9.95. The second-order valence-electron chi connectivity index (χ2n) is 7.68. The second-order valence-corrected chi connectivity index (χ2v) is 8.47. The van der Waals surface area contributed by atoms with E-state index in [1.54, 1.807) is 25.4 Å². The van der Waals surface area contributed by atoms with Crippen molar-refractivity contribution >= 4 is 44.4 Å². The number of hydrogen-bond donors (Lipinski definition) is 1. The number of nitrogens with zero attached hydrogens (tertiary/aromatic N) is 6. The van der Waals surface area contributed by atoms with Crippen molar-refractivity contribution in [3.8, 4) is 5.88 Å². The topological polar surface area (TPSA) is 115 Å². The fraction of sp³-hybridized carbons (Fsp3) is 0.261. The highest BCUT2D eigenvalue weighted by Gasteiger charge is 2.19. The molecule has 0 fully saturated rings. The van der Waals surface area contributed by atoms with Gasteiger partial charge in [0.05, 0.1) is 35.6 Å². The Morgan fingerprint density at radius 1 is 1.24 bits per heavy atom. The van der Waals surface area contributed by atoms with Gasteiger partial charge in [0.2, 0.25) is 5.88 Å². The number of azo groups is 1. The highest BCUT2D eigenvalue weighted by atomic mass is 32.1. The first kappa shape index (κ1) is 21.1. The fourth-order valence-electron chi connectivity index (χ4n) is 3.72. The third-order valence-corrected chi connectivity index (χ3v) is 6.21. The molecule has 0 saturated carbocycles. The highest BCUT2D eigenvalue weighted by Crippen LogP contribution is 2.26. The van der Waals surface area contributed by atoms with Gasteiger partial charge in [-0.1, -0.05) is 16.6 Å². The molecule has 166 valence electrons. The van der Waals surface area contributed by atoms with Crippen molar-refractivity contribution < 1.29 is 9.53 Å². The van der Waals surface area contributed by atoms with Crippen LogP contribution in [0.3, 0.4) is 0 Å². The van der Waals surface area contributed by atoms with Gasteiger partial charge in [-0.3, -0.25) is 9.78 Å². The Hall–Kier alpha value is -3.79. The van der Waals surface area contributed by atoms with Crippen LogP contribution in [0.25, 0.3) is 21.3 Å². The van der Waals surface area contributed by atoms with E-state index in [0.717, 1.165) is 27.8 Å². The summed E-state index contributed by atoms with van der Waals surface area (Å²) in [4.78, 5) is 21.6. The maximum absolute atomic E-state index is 12.8. The molecule has 3 heterocycles. The van der Waals surface area contributed by atoms with Crippen molar-refractivity contribution in [2.75, 3.05) is 12.4 Å². The summed E-state index contributed by atoms with van der Waals surface area (Å²) in [5.74, 6) is 0.340. The summed E-state index contributed by atoms with van der Waals surface area (Å²) in [5, 5.41) is 15.9. The number of rotatable bonds is 6. The molecule has 1 unspecified atom stereocenters. The number of pyridine rings is 2. The van der Waals surface area contributed by atoms with E-state index in [1.807, 2.05) is 30.3 Å². The number of nitrogens with one attached hydrogen (secondary N) is 1. The molecule has 4 aromatic rings. The lowest BCUT2D eigenvalue weighted by Crippen LogP contribution is -2.19. The fourth-order valence-corrected chi connectivity index (χ4v) is 4.26. The molecule has 33 heavy (non-hydrogen) atoms. The molecule has 0 radical (unpaired) electrons. The molecular weight excluding hydrogens is 438 g/mol. The number of carbonyl (C=O) groups excluding carboxylic acids is 1. The zero-order chi connectivity index (χ0) is 22.6. The number of carbonyl (C=O) groups is 1. The van der Waals surface area contributed by atoms with Gasteiger partial charge in [-0.15, -0.1) is 5.10 Å². The number of benzene rings is 1. The molecule has 9 nitrogen and oxygen atoms in total. The summed E-state index contributed by atoms with van der Waals surface area (Å²) in [5.41, 5.74) is 4.59. The molecule has 1 amide bonds. The Bertz CT molecular complexity index is 1380. The van der Waals surface area contributed by atoms with Crippen LogP contribution in [0.5, 0.6) is 5.88 Å². The van der Waals surface area contributed by atoms with Crippen molar-refractivity contribution in [2.45, 2.75) is 31.8 Å². The van der Waals surface area contributed by atoms with E-state index in [4.69, 9.17) is 4.74 Å². The zero-order valence-corrected chi connectivity index (χ0v) is 18.7. The molecule has 0 saturated heterocycles. The van der Waals surface area contributed by atoms with Gasteiger partial charge in [-0.2, -0.15) is 10.2 Å². The zero-order valence-electron chi connectivity index (χ0n) is 17.9. The minimum absolute atomic E-state index is 0.0823. The van der Waals surface area contributed by atoms with E-state index in [-0.39, 0.29) is 11.9 Å². The molecule has 10 heteroatoms. The van der Waals surface area contributed by atoms with Crippen LogP contribution in [0.4, 0.5) is 5.69 Å². The first-order valence-electron chi connectivity index (χ1n) is 10.6. The molecule has 0 aliphatic heterocycles. The predicted molar refractivity (Wildman–Crippen MR) is 126 cm³/mol. The minimum Gasteiger partial charge on any atom is -0.481 e. The number of aromatic nitrogens is 4. The van der Waals surface area contributed by atoms with Gasteiger partial charge in [-0.05, 0) is 60.6 Å². The van der Waals surface area contributed by atoms with E-state index >= 15 is 0 Å². The number of amides is 1. The quantitative estimate of drug-likeness (QED) is 0.418. The summed E-state index contributed by atoms with van der Waals surface area (Å²) in [6.45, 7) is 0.507. The molecule has 1 atom stereocenters. The number of hydrogen-bond acceptors (Lipinski definition) is 9. The second kappa shape index (κ2) is 9.37. The van der Waals surface area contributed by atoms with Gasteiger partial charge in [-0.25, -0.2) is 4.98 Å². The normalized spacial score (nSPS) is 16.3. The van der Waals surface area contributed by atoms with Gasteiger partial charge < -0.3 is 10.1 Å². The standard InChI is InChI=1S/C23H21N7O2S/c1-32-21-9-7-17-22(27-21)18(10-11-24-17)26-23(31)15-3-5-16(6-4-15)28-25-13-14-2-8-20-19(12-14)29-30-33-20/h2-3,7-12,16H,4-6,13H2,1H3,(H,24,26,31). The van der Waals surface area contributed by atoms with Crippen LogP contribution in [-0.4, -0.2) is 38.6 Å². The van der Waals surface area contributed by atoms with Crippen LogP contribution in [0, 0.1) is 0 Å². The molecule has 3 aromatic heterocycles. The van der Waals surface area contributed by atoms with Crippen molar-refractivity contribution in [1.29, 1.82) is 0 Å². The Kier molecular flexibility index (Phi) is 5.99. The molecule has 1 N–H and O–H groups in total. The van der Waals surface area contributed by atoms with Crippen molar-refractivity contribution in [3.63, 3.8) is 0 Å². The maximum Gasteiger partial charge on any atom is 0.251 e. The number of fused-ring (bicyclic) bond motifs is 2. The Labute approximate surface area is 193 Å².